The van der Waals surface area contributed by atoms with Crippen LogP contribution in [0.4, 0.5) is 13.2 Å². The van der Waals surface area contributed by atoms with Gasteiger partial charge in [-0.2, -0.15) is 13.2 Å². The van der Waals surface area contributed by atoms with E-state index in [1.807, 2.05) is 0 Å². The van der Waals surface area contributed by atoms with Crippen LogP contribution < -0.4 is 0 Å². The van der Waals surface area contributed by atoms with Gasteiger partial charge in [0.1, 0.15) is 16.2 Å². The lowest BCUT2D eigenvalue weighted by Crippen LogP contribution is -2.13. The van der Waals surface area contributed by atoms with Gasteiger partial charge in [-0.15, -0.1) is 12.6 Å². The zero-order valence-corrected chi connectivity index (χ0v) is 15.3. The number of imidazole rings is 1. The summed E-state index contributed by atoms with van der Waals surface area (Å²) in [6, 6.07) is 2.19. The van der Waals surface area contributed by atoms with Crippen LogP contribution in [0.3, 0.4) is 0 Å². The lowest BCUT2D eigenvalue weighted by atomic mass is 10.2. The molecule has 3 aromatic rings. The summed E-state index contributed by atoms with van der Waals surface area (Å²) in [5, 5.41) is 0.357. The van der Waals surface area contributed by atoms with E-state index in [9.17, 15) is 21.6 Å². The van der Waals surface area contributed by atoms with Crippen LogP contribution in [0.5, 0.6) is 0 Å². The minimum atomic E-state index is -4.71. The van der Waals surface area contributed by atoms with Crippen molar-refractivity contribution in [3.8, 4) is 11.5 Å². The number of halogens is 3. The summed E-state index contributed by atoms with van der Waals surface area (Å²) in [5.74, 6) is -0.254. The number of alkyl halides is 3. The zero-order chi connectivity index (χ0) is 19.3. The van der Waals surface area contributed by atoms with Gasteiger partial charge in [0.25, 0.3) is 0 Å². The molecule has 0 saturated heterocycles. The maximum atomic E-state index is 13.0. The molecule has 0 N–H and O–H groups in total. The van der Waals surface area contributed by atoms with Crippen molar-refractivity contribution in [1.82, 2.24) is 19.5 Å². The van der Waals surface area contributed by atoms with Crippen molar-refractivity contribution in [2.75, 3.05) is 5.75 Å². The highest BCUT2D eigenvalue weighted by atomic mass is 32.2. The predicted molar refractivity (Wildman–Crippen MR) is 91.7 cm³/mol. The third-order valence-electron chi connectivity index (χ3n) is 3.87. The van der Waals surface area contributed by atoms with Gasteiger partial charge in [0.05, 0.1) is 21.7 Å². The molecule has 0 saturated carbocycles. The van der Waals surface area contributed by atoms with Gasteiger partial charge in [0.2, 0.25) is 0 Å². The number of pyridine rings is 2. The number of rotatable bonds is 3. The lowest BCUT2D eigenvalue weighted by molar-refractivity contribution is -0.138. The van der Waals surface area contributed by atoms with Crippen molar-refractivity contribution < 1.29 is 21.6 Å². The van der Waals surface area contributed by atoms with Crippen LogP contribution in [-0.2, 0) is 23.1 Å². The number of nitrogens with zero attached hydrogens (tertiary/aromatic N) is 4. The predicted octanol–water partition coefficient (Wildman–Crippen LogP) is 3.13. The maximum Gasteiger partial charge on any atom is 0.417 e. The van der Waals surface area contributed by atoms with Gasteiger partial charge in [-0.1, -0.05) is 6.92 Å². The summed E-state index contributed by atoms with van der Waals surface area (Å²) >= 11 is 4.24. The molecular formula is C15H13F3N4O2S2. The van der Waals surface area contributed by atoms with Crippen molar-refractivity contribution in [1.29, 1.82) is 0 Å². The standard InChI is InChI=1S/C15H13F3N4O2S2/c1-3-26(23,24)10-6-8(15(16,17)18)7-20-11(10)13-21-9-4-5-19-14(25)12(9)22(13)2/h4-7H,3H2,1-2H3,(H,19,25). The van der Waals surface area contributed by atoms with E-state index in [1.54, 1.807) is 13.1 Å². The summed E-state index contributed by atoms with van der Waals surface area (Å²) < 4.78 is 65.4. The van der Waals surface area contributed by atoms with Crippen LogP contribution in [0.25, 0.3) is 22.6 Å². The molecule has 0 fully saturated rings. The second-order valence-electron chi connectivity index (χ2n) is 5.47. The molecule has 138 valence electrons. The summed E-state index contributed by atoms with van der Waals surface area (Å²) in [7, 11) is -2.38. The average molecular weight is 402 g/mol. The summed E-state index contributed by atoms with van der Waals surface area (Å²) in [4.78, 5) is 11.6. The monoisotopic (exact) mass is 402 g/mol. The van der Waals surface area contributed by atoms with E-state index in [2.05, 4.69) is 27.6 Å². The normalized spacial score (nSPS) is 12.7. The molecule has 0 radical (unpaired) electrons. The molecule has 3 aromatic heterocycles. The van der Waals surface area contributed by atoms with Gasteiger partial charge in [-0.3, -0.25) is 4.98 Å². The van der Waals surface area contributed by atoms with Gasteiger partial charge in [-0.25, -0.2) is 18.4 Å². The summed E-state index contributed by atoms with van der Waals surface area (Å²) in [6.07, 6.45) is -2.63. The van der Waals surface area contributed by atoms with Crippen LogP contribution in [-0.4, -0.2) is 33.7 Å². The molecule has 3 rings (SSSR count). The number of aromatic nitrogens is 4. The Hall–Kier alpha value is -2.14. The smallest absolute Gasteiger partial charge is 0.324 e. The molecule has 0 spiro atoms. The number of fused-ring (bicyclic) bond motifs is 1. The second-order valence-corrected chi connectivity index (χ2v) is 8.14. The van der Waals surface area contributed by atoms with E-state index in [4.69, 9.17) is 0 Å². The van der Waals surface area contributed by atoms with E-state index in [0.717, 1.165) is 0 Å². The largest absolute Gasteiger partial charge is 0.417 e. The number of sulfone groups is 1. The fraction of sp³-hybridized carbons (Fsp3) is 0.267. The highest BCUT2D eigenvalue weighted by Crippen LogP contribution is 2.35. The molecule has 0 aromatic carbocycles. The van der Waals surface area contributed by atoms with Gasteiger partial charge in [0, 0.05) is 19.4 Å². The summed E-state index contributed by atoms with van der Waals surface area (Å²) in [6.45, 7) is 1.35. The molecule has 11 heteroatoms. The molecule has 6 nitrogen and oxygen atoms in total. The number of hydrogen-bond acceptors (Lipinski definition) is 6. The van der Waals surface area contributed by atoms with Crippen LogP contribution in [0.1, 0.15) is 12.5 Å². The maximum absolute atomic E-state index is 13.0. The van der Waals surface area contributed by atoms with Crippen LogP contribution in [0.2, 0.25) is 0 Å². The Labute approximate surface area is 152 Å². The first-order valence-corrected chi connectivity index (χ1v) is 9.47. The first kappa shape index (κ1) is 18.6. The van der Waals surface area contributed by atoms with E-state index < -0.39 is 26.5 Å². The van der Waals surface area contributed by atoms with Crippen LogP contribution in [0, 0.1) is 0 Å². The Morgan fingerprint density at radius 3 is 2.54 bits per heavy atom. The van der Waals surface area contributed by atoms with E-state index in [0.29, 0.717) is 28.3 Å². The molecule has 3 heterocycles. The average Bonchev–Trinajstić information content (AvgIpc) is 2.91. The number of thiol groups is 1. The SMILES string of the molecule is CCS(=O)(=O)c1cc(C(F)(F)F)cnc1-c1nc2ccnc(S)c2n1C. The minimum Gasteiger partial charge on any atom is -0.324 e. The molecule has 0 aliphatic carbocycles. The van der Waals surface area contributed by atoms with Crippen molar-refractivity contribution in [3.05, 3.63) is 30.1 Å². The molecule has 0 aliphatic heterocycles. The molecule has 0 atom stereocenters. The Bertz CT molecular complexity index is 1110. The Morgan fingerprint density at radius 2 is 1.96 bits per heavy atom. The molecule has 0 amide bonds. The highest BCUT2D eigenvalue weighted by molar-refractivity contribution is 7.91. The quantitative estimate of drug-likeness (QED) is 0.681. The molecule has 0 aliphatic rings. The number of aryl methyl sites for hydroxylation is 1. The Morgan fingerprint density at radius 1 is 1.27 bits per heavy atom. The Balaban J connectivity index is 2.36. The van der Waals surface area contributed by atoms with Gasteiger partial charge in [0.15, 0.2) is 15.7 Å². The van der Waals surface area contributed by atoms with E-state index >= 15 is 0 Å². The minimum absolute atomic E-state index is 0.115. The van der Waals surface area contributed by atoms with Crippen molar-refractivity contribution >= 4 is 33.5 Å². The van der Waals surface area contributed by atoms with Crippen molar-refractivity contribution in [3.63, 3.8) is 0 Å². The second kappa shape index (κ2) is 6.23. The third kappa shape index (κ3) is 3.05. The van der Waals surface area contributed by atoms with Crippen LogP contribution in [0.15, 0.2) is 34.4 Å². The van der Waals surface area contributed by atoms with Gasteiger partial charge < -0.3 is 4.57 Å². The summed E-state index contributed by atoms with van der Waals surface area (Å²) in [5.41, 5.74) is -0.286. The van der Waals surface area contributed by atoms with E-state index in [-0.39, 0.29) is 17.3 Å². The molecule has 0 unspecified atom stereocenters. The fourth-order valence-corrected chi connectivity index (χ4v) is 3.90. The number of hydrogen-bond donors (Lipinski definition) is 1. The first-order chi connectivity index (χ1) is 12.1. The van der Waals surface area contributed by atoms with Crippen molar-refractivity contribution in [2.24, 2.45) is 7.05 Å². The van der Waals surface area contributed by atoms with Crippen LogP contribution >= 0.6 is 12.6 Å². The van der Waals surface area contributed by atoms with Gasteiger partial charge >= 0.3 is 6.18 Å². The topological polar surface area (TPSA) is 77.7 Å². The highest BCUT2D eigenvalue weighted by Gasteiger charge is 2.34. The Kier molecular flexibility index (Phi) is 4.47. The molecular weight excluding hydrogens is 389 g/mol. The lowest BCUT2D eigenvalue weighted by Gasteiger charge is -2.12. The molecule has 26 heavy (non-hydrogen) atoms. The molecule has 0 bridgehead atoms. The first-order valence-electron chi connectivity index (χ1n) is 7.37. The fourth-order valence-electron chi connectivity index (χ4n) is 2.51. The third-order valence-corrected chi connectivity index (χ3v) is 5.94. The zero-order valence-electron chi connectivity index (χ0n) is 13.6. The van der Waals surface area contributed by atoms with E-state index in [1.165, 1.54) is 17.7 Å². The van der Waals surface area contributed by atoms with Crippen molar-refractivity contribution in [2.45, 2.75) is 23.0 Å². The van der Waals surface area contributed by atoms with Gasteiger partial charge in [-0.05, 0) is 12.1 Å².